The van der Waals surface area contributed by atoms with Crippen LogP contribution < -0.4 is 14.8 Å². The highest BCUT2D eigenvalue weighted by atomic mass is 32.2. The van der Waals surface area contributed by atoms with Crippen LogP contribution in [0.15, 0.2) is 96.2 Å². The van der Waals surface area contributed by atoms with E-state index in [1.165, 1.54) is 4.90 Å². The van der Waals surface area contributed by atoms with Gasteiger partial charge in [0.15, 0.2) is 0 Å². The van der Waals surface area contributed by atoms with Crippen LogP contribution in [0.3, 0.4) is 0 Å². The molecule has 1 N–H and O–H groups in total. The van der Waals surface area contributed by atoms with Gasteiger partial charge in [-0.2, -0.15) is 0 Å². The van der Waals surface area contributed by atoms with Crippen molar-refractivity contribution in [2.24, 2.45) is 0 Å². The molecule has 0 bridgehead atoms. The molecule has 2 aromatic heterocycles. The van der Waals surface area contributed by atoms with E-state index in [0.29, 0.717) is 13.1 Å². The number of rotatable bonds is 9. The van der Waals surface area contributed by atoms with Crippen LogP contribution in [0.25, 0.3) is 16.4 Å². The van der Waals surface area contributed by atoms with Crippen LogP contribution in [0.5, 0.6) is 11.5 Å². The standard InChI is InChI=1S/C32H32N4O3S/c1-38-24-11-13-25(14-12-24)40-26-17-29(32(37)33-18-23-19-35-16-6-5-9-31(35)34-23)36(20-26)21-28-27-8-4-3-7-22(27)10-15-30(28)39-2/h3-16,19,26,29H,17-18,20-21H2,1-2H3,(H,33,37)/t26-,29+/m1/s1. The van der Waals surface area contributed by atoms with Crippen LogP contribution in [0.2, 0.25) is 0 Å². The predicted molar refractivity (Wildman–Crippen MR) is 159 cm³/mol. The largest absolute Gasteiger partial charge is 0.497 e. The van der Waals surface area contributed by atoms with E-state index in [1.807, 2.05) is 71.0 Å². The highest BCUT2D eigenvalue weighted by Gasteiger charge is 2.37. The van der Waals surface area contributed by atoms with E-state index >= 15 is 0 Å². The number of pyridine rings is 1. The molecule has 1 aliphatic rings. The van der Waals surface area contributed by atoms with Gasteiger partial charge in [0.2, 0.25) is 5.91 Å². The first-order chi connectivity index (χ1) is 19.6. The molecule has 0 saturated carbocycles. The van der Waals surface area contributed by atoms with Crippen LogP contribution in [0.4, 0.5) is 0 Å². The Labute approximate surface area is 238 Å². The van der Waals surface area contributed by atoms with Gasteiger partial charge in [0.05, 0.1) is 32.5 Å². The summed E-state index contributed by atoms with van der Waals surface area (Å²) in [6, 6.07) is 26.2. The normalized spacial score (nSPS) is 17.4. The molecule has 204 valence electrons. The molecule has 1 aliphatic heterocycles. The fourth-order valence-corrected chi connectivity index (χ4v) is 6.71. The summed E-state index contributed by atoms with van der Waals surface area (Å²) in [5, 5.41) is 5.75. The predicted octanol–water partition coefficient (Wildman–Crippen LogP) is 5.56. The number of amides is 1. The smallest absolute Gasteiger partial charge is 0.237 e. The molecule has 1 amide bonds. The van der Waals surface area contributed by atoms with Crippen LogP contribution >= 0.6 is 11.8 Å². The molecule has 8 heteroatoms. The van der Waals surface area contributed by atoms with Crippen LogP contribution in [-0.4, -0.2) is 52.2 Å². The zero-order valence-electron chi connectivity index (χ0n) is 22.6. The lowest BCUT2D eigenvalue weighted by Crippen LogP contribution is -2.42. The molecule has 7 nitrogen and oxygen atoms in total. The molecule has 3 heterocycles. The van der Waals surface area contributed by atoms with Gasteiger partial charge in [0.25, 0.3) is 0 Å². The van der Waals surface area contributed by atoms with E-state index in [1.54, 1.807) is 14.2 Å². The molecule has 0 aliphatic carbocycles. The molecule has 3 aromatic carbocycles. The molecule has 1 fully saturated rings. The lowest BCUT2D eigenvalue weighted by atomic mass is 10.0. The third-order valence-corrected chi connectivity index (χ3v) is 8.69. The van der Waals surface area contributed by atoms with Crippen molar-refractivity contribution in [3.8, 4) is 11.5 Å². The number of ether oxygens (including phenoxy) is 2. The Hall–Kier alpha value is -4.01. The number of carbonyl (C=O) groups is 1. The Balaban J connectivity index is 1.24. The fourth-order valence-electron chi connectivity index (χ4n) is 5.48. The van der Waals surface area contributed by atoms with E-state index in [0.717, 1.165) is 52.1 Å². The van der Waals surface area contributed by atoms with Gasteiger partial charge in [-0.05, 0) is 59.7 Å². The van der Waals surface area contributed by atoms with Gasteiger partial charge in [-0.15, -0.1) is 11.8 Å². The molecule has 0 radical (unpaired) electrons. The molecule has 40 heavy (non-hydrogen) atoms. The lowest BCUT2D eigenvalue weighted by molar-refractivity contribution is -0.125. The lowest BCUT2D eigenvalue weighted by Gasteiger charge is -2.25. The summed E-state index contributed by atoms with van der Waals surface area (Å²) in [4.78, 5) is 21.8. The maximum Gasteiger partial charge on any atom is 0.237 e. The van der Waals surface area contributed by atoms with Gasteiger partial charge in [-0.1, -0.05) is 36.4 Å². The average molecular weight is 553 g/mol. The number of benzene rings is 3. The van der Waals surface area contributed by atoms with Crippen molar-refractivity contribution in [1.29, 1.82) is 0 Å². The molecule has 0 spiro atoms. The Morgan fingerprint density at radius 3 is 2.62 bits per heavy atom. The summed E-state index contributed by atoms with van der Waals surface area (Å²) >= 11 is 1.81. The van der Waals surface area contributed by atoms with Crippen molar-refractivity contribution >= 4 is 34.1 Å². The molecule has 5 aromatic rings. The Bertz CT molecular complexity index is 1600. The summed E-state index contributed by atoms with van der Waals surface area (Å²) < 4.78 is 13.1. The summed E-state index contributed by atoms with van der Waals surface area (Å²) in [5.74, 6) is 1.70. The second-order valence-electron chi connectivity index (χ2n) is 9.98. The van der Waals surface area contributed by atoms with Gasteiger partial charge < -0.3 is 19.2 Å². The third-order valence-electron chi connectivity index (χ3n) is 7.47. The first-order valence-electron chi connectivity index (χ1n) is 13.4. The highest BCUT2D eigenvalue weighted by molar-refractivity contribution is 8.00. The minimum absolute atomic E-state index is 0.0223. The van der Waals surface area contributed by atoms with E-state index in [9.17, 15) is 4.79 Å². The summed E-state index contributed by atoms with van der Waals surface area (Å²) in [6.07, 6.45) is 4.68. The Morgan fingerprint density at radius 2 is 1.82 bits per heavy atom. The van der Waals surface area contributed by atoms with Gasteiger partial charge >= 0.3 is 0 Å². The van der Waals surface area contributed by atoms with E-state index in [2.05, 4.69) is 51.6 Å². The van der Waals surface area contributed by atoms with Gasteiger partial charge in [-0.25, -0.2) is 4.98 Å². The second-order valence-corrected chi connectivity index (χ2v) is 11.4. The molecule has 1 saturated heterocycles. The van der Waals surface area contributed by atoms with Crippen molar-refractivity contribution in [2.45, 2.75) is 35.7 Å². The number of nitrogens with one attached hydrogen (secondary N) is 1. The SMILES string of the molecule is COc1ccc(S[C@@H]2C[C@@H](C(=O)NCc3cn4ccccc4n3)N(Cc3c(OC)ccc4ccccc34)C2)cc1. The number of carbonyl (C=O) groups excluding carboxylic acids is 1. The van der Waals surface area contributed by atoms with Crippen molar-refractivity contribution < 1.29 is 14.3 Å². The fraction of sp³-hybridized carbons (Fsp3) is 0.250. The summed E-state index contributed by atoms with van der Waals surface area (Å²) in [6.45, 7) is 1.80. The minimum Gasteiger partial charge on any atom is -0.497 e. The van der Waals surface area contributed by atoms with Gasteiger partial charge in [-0.3, -0.25) is 9.69 Å². The zero-order valence-corrected chi connectivity index (χ0v) is 23.4. The van der Waals surface area contributed by atoms with E-state index in [4.69, 9.17) is 9.47 Å². The number of methoxy groups -OCH3 is 2. The summed E-state index contributed by atoms with van der Waals surface area (Å²) in [5.41, 5.74) is 2.81. The Morgan fingerprint density at radius 1 is 1.00 bits per heavy atom. The minimum atomic E-state index is -0.267. The van der Waals surface area contributed by atoms with Gasteiger partial charge in [0.1, 0.15) is 17.1 Å². The number of hydrogen-bond donors (Lipinski definition) is 1. The van der Waals surface area contributed by atoms with Crippen molar-refractivity contribution in [1.82, 2.24) is 19.6 Å². The number of imidazole rings is 1. The van der Waals surface area contributed by atoms with Gasteiger partial charge in [0, 0.05) is 41.2 Å². The molecular formula is C32H32N4O3S. The average Bonchev–Trinajstić information content (AvgIpc) is 3.60. The quantitative estimate of drug-likeness (QED) is 0.258. The number of likely N-dealkylation sites (tertiary alicyclic amines) is 1. The summed E-state index contributed by atoms with van der Waals surface area (Å²) in [7, 11) is 3.38. The number of fused-ring (bicyclic) bond motifs is 2. The highest BCUT2D eigenvalue weighted by Crippen LogP contribution is 2.37. The van der Waals surface area contributed by atoms with E-state index < -0.39 is 0 Å². The van der Waals surface area contributed by atoms with Crippen LogP contribution in [0.1, 0.15) is 17.7 Å². The zero-order chi connectivity index (χ0) is 27.5. The van der Waals surface area contributed by atoms with Crippen molar-refractivity contribution in [3.05, 3.63) is 103 Å². The number of nitrogens with zero attached hydrogens (tertiary/aromatic N) is 3. The first-order valence-corrected chi connectivity index (χ1v) is 14.3. The van der Waals surface area contributed by atoms with Crippen molar-refractivity contribution in [2.75, 3.05) is 20.8 Å². The number of aromatic nitrogens is 2. The van der Waals surface area contributed by atoms with Crippen LogP contribution in [0, 0.1) is 0 Å². The van der Waals surface area contributed by atoms with Crippen molar-refractivity contribution in [3.63, 3.8) is 0 Å². The van der Waals surface area contributed by atoms with E-state index in [-0.39, 0.29) is 17.2 Å². The maximum atomic E-state index is 13.7. The first kappa shape index (κ1) is 26.2. The number of thioether (sulfide) groups is 1. The molecule has 0 unspecified atom stereocenters. The molecule has 2 atom stereocenters. The monoisotopic (exact) mass is 552 g/mol. The second kappa shape index (κ2) is 11.6. The topological polar surface area (TPSA) is 68.1 Å². The maximum absolute atomic E-state index is 13.7. The molecule has 6 rings (SSSR count). The Kier molecular flexibility index (Phi) is 7.62. The number of hydrogen-bond acceptors (Lipinski definition) is 6. The molecular weight excluding hydrogens is 520 g/mol. The third kappa shape index (κ3) is 5.50. The van der Waals surface area contributed by atoms with Crippen LogP contribution in [-0.2, 0) is 17.9 Å².